The summed E-state index contributed by atoms with van der Waals surface area (Å²) in [5.41, 5.74) is 8.32. The zero-order valence-corrected chi connectivity index (χ0v) is 18.2. The normalized spacial score (nSPS) is 17.9. The Kier molecular flexibility index (Phi) is 5.52. The molecular formula is C20H22ClN5O3S. The Hall–Kier alpha value is -2.49. The van der Waals surface area contributed by atoms with E-state index in [1.165, 1.54) is 4.31 Å². The Morgan fingerprint density at radius 3 is 2.77 bits per heavy atom. The van der Waals surface area contributed by atoms with Crippen molar-refractivity contribution in [3.05, 3.63) is 52.6 Å². The van der Waals surface area contributed by atoms with Crippen LogP contribution in [0.25, 0.3) is 11.1 Å². The fourth-order valence-electron chi connectivity index (χ4n) is 3.97. The summed E-state index contributed by atoms with van der Waals surface area (Å²) in [5, 5.41) is 4.39. The molecule has 158 valence electrons. The molecule has 2 aromatic heterocycles. The van der Waals surface area contributed by atoms with Crippen molar-refractivity contribution in [1.29, 1.82) is 0 Å². The molecule has 0 unspecified atom stereocenters. The Balaban J connectivity index is 1.86. The molecule has 8 nitrogen and oxygen atoms in total. The van der Waals surface area contributed by atoms with Gasteiger partial charge in [-0.2, -0.15) is 4.31 Å². The van der Waals surface area contributed by atoms with Crippen LogP contribution in [0.4, 0.5) is 5.95 Å². The monoisotopic (exact) mass is 447 g/mol. The van der Waals surface area contributed by atoms with E-state index < -0.39 is 16.1 Å². The number of sulfonamides is 1. The van der Waals surface area contributed by atoms with E-state index in [0.29, 0.717) is 34.9 Å². The number of nitrogens with zero attached hydrogens (tertiary/aromatic N) is 4. The topological polar surface area (TPSA) is 115 Å². The number of aromatic nitrogens is 3. The lowest BCUT2D eigenvalue weighted by molar-refractivity contribution is 0.251. The fourth-order valence-corrected chi connectivity index (χ4v) is 6.11. The number of hydrogen-bond donors (Lipinski definition) is 1. The Morgan fingerprint density at radius 2 is 2.07 bits per heavy atom. The first kappa shape index (κ1) is 20.8. The Morgan fingerprint density at radius 1 is 1.27 bits per heavy atom. The second-order valence-electron chi connectivity index (χ2n) is 7.32. The number of piperidine rings is 1. The second-order valence-corrected chi connectivity index (χ2v) is 9.58. The fraction of sp³-hybridized carbons (Fsp3) is 0.350. The van der Waals surface area contributed by atoms with Gasteiger partial charge in [0.15, 0.2) is 5.76 Å². The van der Waals surface area contributed by atoms with Gasteiger partial charge < -0.3 is 10.3 Å². The van der Waals surface area contributed by atoms with E-state index in [1.807, 2.05) is 12.1 Å². The van der Waals surface area contributed by atoms with E-state index in [1.54, 1.807) is 32.2 Å². The van der Waals surface area contributed by atoms with E-state index >= 15 is 0 Å². The number of nitrogens with two attached hydrogens (primary N) is 1. The van der Waals surface area contributed by atoms with Crippen LogP contribution in [0.15, 0.2) is 39.9 Å². The minimum Gasteiger partial charge on any atom is -0.368 e. The number of benzene rings is 1. The van der Waals surface area contributed by atoms with Crippen LogP contribution in [-0.4, -0.2) is 34.4 Å². The molecule has 0 bridgehead atoms. The lowest BCUT2D eigenvalue weighted by Crippen LogP contribution is -2.39. The SMILES string of the molecule is Cc1noc(C)c1S(=O)(=O)N1CCCC[C@@H]1c1nc(N)ncc1-c1cccc(Cl)c1. The van der Waals surface area contributed by atoms with Crippen molar-refractivity contribution >= 4 is 27.6 Å². The van der Waals surface area contributed by atoms with Crippen molar-refractivity contribution < 1.29 is 12.9 Å². The predicted molar refractivity (Wildman–Crippen MR) is 113 cm³/mol. The van der Waals surface area contributed by atoms with Crippen molar-refractivity contribution in [1.82, 2.24) is 19.4 Å². The molecule has 30 heavy (non-hydrogen) atoms. The molecule has 0 spiro atoms. The van der Waals surface area contributed by atoms with E-state index in [9.17, 15) is 8.42 Å². The molecule has 3 heterocycles. The number of aryl methyl sites for hydroxylation is 2. The van der Waals surface area contributed by atoms with Crippen LogP contribution in [0.2, 0.25) is 5.02 Å². The number of nitrogen functional groups attached to an aromatic ring is 1. The summed E-state index contributed by atoms with van der Waals surface area (Å²) in [6.07, 6.45) is 3.87. The highest BCUT2D eigenvalue weighted by Gasteiger charge is 2.39. The first-order chi connectivity index (χ1) is 14.3. The van der Waals surface area contributed by atoms with Crippen LogP contribution in [0.5, 0.6) is 0 Å². The van der Waals surface area contributed by atoms with E-state index in [4.69, 9.17) is 21.9 Å². The lowest BCUT2D eigenvalue weighted by Gasteiger charge is -2.35. The summed E-state index contributed by atoms with van der Waals surface area (Å²) >= 11 is 6.18. The highest BCUT2D eigenvalue weighted by molar-refractivity contribution is 7.89. The summed E-state index contributed by atoms with van der Waals surface area (Å²) in [6, 6.07) is 6.81. The third-order valence-corrected chi connectivity index (χ3v) is 7.66. The van der Waals surface area contributed by atoms with Gasteiger partial charge >= 0.3 is 0 Å². The van der Waals surface area contributed by atoms with Crippen molar-refractivity contribution in [2.75, 3.05) is 12.3 Å². The summed E-state index contributed by atoms with van der Waals surface area (Å²) in [7, 11) is -3.85. The Bertz CT molecular complexity index is 1180. The summed E-state index contributed by atoms with van der Waals surface area (Å²) in [6.45, 7) is 3.60. The third kappa shape index (κ3) is 3.68. The standard InChI is InChI=1S/C20H22ClN5O3S/c1-12-19(13(2)29-25-12)30(27,28)26-9-4-3-8-17(26)18-16(11-23-20(22)24-18)14-6-5-7-15(21)10-14/h5-7,10-11,17H,3-4,8-9H2,1-2H3,(H2,22,23,24)/t17-/m1/s1. The largest absolute Gasteiger partial charge is 0.368 e. The van der Waals surface area contributed by atoms with Crippen molar-refractivity contribution in [2.45, 2.75) is 44.0 Å². The zero-order chi connectivity index (χ0) is 21.5. The number of hydrogen-bond acceptors (Lipinski definition) is 7. The van der Waals surface area contributed by atoms with Gasteiger partial charge in [-0.25, -0.2) is 18.4 Å². The van der Waals surface area contributed by atoms with Crippen LogP contribution in [0.3, 0.4) is 0 Å². The van der Waals surface area contributed by atoms with Crippen molar-refractivity contribution in [2.24, 2.45) is 0 Å². The molecule has 4 rings (SSSR count). The minimum absolute atomic E-state index is 0.0936. The molecular weight excluding hydrogens is 426 g/mol. The molecule has 0 aliphatic carbocycles. The molecule has 1 fully saturated rings. The number of halogens is 1. The van der Waals surface area contributed by atoms with Crippen LogP contribution < -0.4 is 5.73 Å². The van der Waals surface area contributed by atoms with Gasteiger partial charge in [-0.1, -0.05) is 35.3 Å². The molecule has 10 heteroatoms. The van der Waals surface area contributed by atoms with Crippen LogP contribution in [0.1, 0.15) is 42.5 Å². The third-order valence-electron chi connectivity index (χ3n) is 5.28. The van der Waals surface area contributed by atoms with Gasteiger partial charge in [-0.3, -0.25) is 0 Å². The number of anilines is 1. The molecule has 1 aliphatic heterocycles. The lowest BCUT2D eigenvalue weighted by atomic mass is 9.95. The highest BCUT2D eigenvalue weighted by atomic mass is 35.5. The van der Waals surface area contributed by atoms with E-state index in [2.05, 4.69) is 15.1 Å². The summed E-state index contributed by atoms with van der Waals surface area (Å²) in [4.78, 5) is 8.72. The molecule has 2 N–H and O–H groups in total. The molecule has 1 aromatic carbocycles. The van der Waals surface area contributed by atoms with Crippen LogP contribution in [0, 0.1) is 13.8 Å². The molecule has 1 saturated heterocycles. The first-order valence-corrected chi connectivity index (χ1v) is 11.4. The summed E-state index contributed by atoms with van der Waals surface area (Å²) < 4.78 is 33.8. The van der Waals surface area contributed by atoms with E-state index in [0.717, 1.165) is 18.4 Å². The molecule has 3 aromatic rings. The molecule has 0 saturated carbocycles. The van der Waals surface area contributed by atoms with Gasteiger partial charge in [0.05, 0.1) is 11.7 Å². The average Bonchev–Trinajstić information content (AvgIpc) is 3.06. The van der Waals surface area contributed by atoms with Crippen LogP contribution >= 0.6 is 11.6 Å². The van der Waals surface area contributed by atoms with Crippen molar-refractivity contribution in [3.8, 4) is 11.1 Å². The van der Waals surface area contributed by atoms with Gasteiger partial charge in [-0.05, 0) is 44.4 Å². The average molecular weight is 448 g/mol. The summed E-state index contributed by atoms with van der Waals surface area (Å²) in [5.74, 6) is 0.366. The van der Waals surface area contributed by atoms with Gasteiger partial charge in [0.1, 0.15) is 10.6 Å². The molecule has 0 radical (unpaired) electrons. The van der Waals surface area contributed by atoms with Gasteiger partial charge in [0, 0.05) is 23.3 Å². The molecule has 1 aliphatic rings. The maximum atomic E-state index is 13.6. The quantitative estimate of drug-likeness (QED) is 0.644. The predicted octanol–water partition coefficient (Wildman–Crippen LogP) is 3.90. The highest BCUT2D eigenvalue weighted by Crippen LogP contribution is 2.40. The van der Waals surface area contributed by atoms with Crippen LogP contribution in [-0.2, 0) is 10.0 Å². The zero-order valence-electron chi connectivity index (χ0n) is 16.7. The van der Waals surface area contributed by atoms with E-state index in [-0.39, 0.29) is 16.6 Å². The van der Waals surface area contributed by atoms with Gasteiger partial charge in [0.2, 0.25) is 16.0 Å². The minimum atomic E-state index is -3.85. The first-order valence-electron chi connectivity index (χ1n) is 9.62. The second kappa shape index (κ2) is 7.98. The molecule has 1 atom stereocenters. The van der Waals surface area contributed by atoms with Gasteiger partial charge in [0.25, 0.3) is 0 Å². The maximum absolute atomic E-state index is 13.6. The maximum Gasteiger partial charge on any atom is 0.249 e. The Labute approximate surface area is 180 Å². The smallest absolute Gasteiger partial charge is 0.249 e. The van der Waals surface area contributed by atoms with Gasteiger partial charge in [-0.15, -0.1) is 0 Å². The number of rotatable bonds is 4. The van der Waals surface area contributed by atoms with Crippen molar-refractivity contribution in [3.63, 3.8) is 0 Å². The molecule has 0 amide bonds.